The van der Waals surface area contributed by atoms with E-state index in [0.29, 0.717) is 0 Å². The molecule has 0 aliphatic heterocycles. The summed E-state index contributed by atoms with van der Waals surface area (Å²) < 4.78 is 0. The first-order chi connectivity index (χ1) is 4.33. The second-order valence-electron chi connectivity index (χ2n) is 3.43. The van der Waals surface area contributed by atoms with Gasteiger partial charge >= 0.3 is 0 Å². The zero-order valence-corrected chi connectivity index (χ0v) is 6.40. The van der Waals surface area contributed by atoms with Gasteiger partial charge in [-0.15, -0.1) is 0 Å². The Bertz CT molecular complexity index is 74.1. The van der Waals surface area contributed by atoms with Gasteiger partial charge in [0.05, 0.1) is 0 Å². The van der Waals surface area contributed by atoms with Crippen LogP contribution in [0, 0.1) is 18.8 Å². The molecule has 0 heterocycles. The molecule has 0 bridgehead atoms. The van der Waals surface area contributed by atoms with E-state index in [2.05, 4.69) is 13.8 Å². The average molecular weight is 125 g/mol. The predicted molar refractivity (Wildman–Crippen MR) is 41.1 cm³/mol. The van der Waals surface area contributed by atoms with E-state index in [0.717, 1.165) is 18.3 Å². The average Bonchev–Trinajstić information content (AvgIpc) is 2.17. The minimum Gasteiger partial charge on any atom is -0.0625 e. The van der Waals surface area contributed by atoms with Crippen molar-refractivity contribution < 1.29 is 0 Å². The summed E-state index contributed by atoms with van der Waals surface area (Å²) in [6.07, 6.45) is 6.90. The molecule has 0 aromatic rings. The van der Waals surface area contributed by atoms with Gasteiger partial charge in [0, 0.05) is 0 Å². The lowest BCUT2D eigenvalue weighted by Gasteiger charge is -2.05. The summed E-state index contributed by atoms with van der Waals surface area (Å²) in [5.74, 6) is 2.03. The highest BCUT2D eigenvalue weighted by Gasteiger charge is 2.19. The van der Waals surface area contributed by atoms with Crippen molar-refractivity contribution in [2.75, 3.05) is 0 Å². The maximum atomic E-state index is 3.87. The van der Waals surface area contributed by atoms with E-state index in [1.165, 1.54) is 25.7 Å². The van der Waals surface area contributed by atoms with Gasteiger partial charge in [-0.2, -0.15) is 0 Å². The lowest BCUT2D eigenvalue weighted by atomic mass is 10.0. The molecule has 2 atom stereocenters. The van der Waals surface area contributed by atoms with E-state index in [-0.39, 0.29) is 0 Å². The highest BCUT2D eigenvalue weighted by molar-refractivity contribution is 4.72. The number of hydrogen-bond acceptors (Lipinski definition) is 0. The second-order valence-corrected chi connectivity index (χ2v) is 3.43. The largest absolute Gasteiger partial charge is 0.0625 e. The summed E-state index contributed by atoms with van der Waals surface area (Å²) >= 11 is 0. The van der Waals surface area contributed by atoms with E-state index in [1.807, 2.05) is 0 Å². The van der Waals surface area contributed by atoms with Crippen LogP contribution in [0.2, 0.25) is 0 Å². The van der Waals surface area contributed by atoms with Crippen molar-refractivity contribution in [1.29, 1.82) is 0 Å². The van der Waals surface area contributed by atoms with Crippen LogP contribution in [0.5, 0.6) is 0 Å². The molecule has 9 heavy (non-hydrogen) atoms. The standard InChI is InChI=1S/C9H17/c1-3-4-9-6-5-8(2)7-9/h8-9H,1,3-7H2,2H3. The van der Waals surface area contributed by atoms with E-state index in [4.69, 9.17) is 0 Å². The third kappa shape index (κ3) is 2.00. The molecule has 0 saturated heterocycles. The summed E-state index contributed by atoms with van der Waals surface area (Å²) in [5.41, 5.74) is 0. The van der Waals surface area contributed by atoms with Gasteiger partial charge in [-0.1, -0.05) is 39.5 Å². The van der Waals surface area contributed by atoms with Crippen molar-refractivity contribution >= 4 is 0 Å². The number of hydrogen-bond donors (Lipinski definition) is 0. The van der Waals surface area contributed by atoms with Gasteiger partial charge in [0.1, 0.15) is 0 Å². The molecule has 1 rings (SSSR count). The van der Waals surface area contributed by atoms with Gasteiger partial charge < -0.3 is 0 Å². The first-order valence-electron chi connectivity index (χ1n) is 4.12. The maximum Gasteiger partial charge on any atom is -0.0412 e. The van der Waals surface area contributed by atoms with Crippen molar-refractivity contribution in [2.45, 2.75) is 39.0 Å². The Morgan fingerprint density at radius 3 is 2.67 bits per heavy atom. The van der Waals surface area contributed by atoms with Gasteiger partial charge in [-0.25, -0.2) is 0 Å². The summed E-state index contributed by atoms with van der Waals surface area (Å²) in [4.78, 5) is 0. The Labute approximate surface area is 58.7 Å². The van der Waals surface area contributed by atoms with Crippen LogP contribution in [-0.2, 0) is 0 Å². The quantitative estimate of drug-likeness (QED) is 0.532. The van der Waals surface area contributed by atoms with Crippen molar-refractivity contribution in [2.24, 2.45) is 11.8 Å². The molecule has 1 radical (unpaired) electrons. The monoisotopic (exact) mass is 125 g/mol. The van der Waals surface area contributed by atoms with Gasteiger partial charge in [0.2, 0.25) is 0 Å². The van der Waals surface area contributed by atoms with E-state index < -0.39 is 0 Å². The molecular weight excluding hydrogens is 108 g/mol. The minimum absolute atomic E-state index is 1.00. The van der Waals surface area contributed by atoms with Gasteiger partial charge in [-0.05, 0) is 18.3 Å². The topological polar surface area (TPSA) is 0 Å². The molecule has 1 saturated carbocycles. The fourth-order valence-electron chi connectivity index (χ4n) is 1.88. The van der Waals surface area contributed by atoms with Crippen molar-refractivity contribution in [1.82, 2.24) is 0 Å². The van der Waals surface area contributed by atoms with Crippen LogP contribution in [-0.4, -0.2) is 0 Å². The molecule has 2 unspecified atom stereocenters. The highest BCUT2D eigenvalue weighted by Crippen LogP contribution is 2.32. The lowest BCUT2D eigenvalue weighted by molar-refractivity contribution is 0.483. The second kappa shape index (κ2) is 3.24. The normalized spacial score (nSPS) is 35.3. The highest BCUT2D eigenvalue weighted by atomic mass is 14.2. The van der Waals surface area contributed by atoms with E-state index in [1.54, 1.807) is 0 Å². The van der Waals surface area contributed by atoms with Crippen LogP contribution < -0.4 is 0 Å². The van der Waals surface area contributed by atoms with Crippen LogP contribution in [0.25, 0.3) is 0 Å². The molecule has 0 aromatic carbocycles. The summed E-state index contributed by atoms with van der Waals surface area (Å²) in [7, 11) is 0. The Morgan fingerprint density at radius 1 is 1.44 bits per heavy atom. The Hall–Kier alpha value is 0. The molecule has 53 valence electrons. The molecule has 1 aliphatic carbocycles. The molecule has 0 N–H and O–H groups in total. The number of rotatable bonds is 2. The zero-order chi connectivity index (χ0) is 6.69. The third-order valence-corrected chi connectivity index (χ3v) is 2.42. The first kappa shape index (κ1) is 7.11. The summed E-state index contributed by atoms with van der Waals surface area (Å²) in [6, 6.07) is 0. The Balaban J connectivity index is 2.14. The molecule has 0 nitrogen and oxygen atoms in total. The molecule has 0 heteroatoms. The van der Waals surface area contributed by atoms with Gasteiger partial charge in [0.15, 0.2) is 0 Å². The van der Waals surface area contributed by atoms with E-state index >= 15 is 0 Å². The van der Waals surface area contributed by atoms with Crippen LogP contribution in [0.15, 0.2) is 0 Å². The van der Waals surface area contributed by atoms with Crippen LogP contribution >= 0.6 is 0 Å². The zero-order valence-electron chi connectivity index (χ0n) is 6.40. The third-order valence-electron chi connectivity index (χ3n) is 2.42. The Kier molecular flexibility index (Phi) is 2.56. The van der Waals surface area contributed by atoms with E-state index in [9.17, 15) is 0 Å². The van der Waals surface area contributed by atoms with Crippen molar-refractivity contribution in [3.05, 3.63) is 6.92 Å². The summed E-state index contributed by atoms with van der Waals surface area (Å²) in [5, 5.41) is 0. The van der Waals surface area contributed by atoms with Crippen LogP contribution in [0.1, 0.15) is 39.0 Å². The molecule has 1 aliphatic rings. The Morgan fingerprint density at radius 2 is 2.22 bits per heavy atom. The first-order valence-corrected chi connectivity index (χ1v) is 4.12. The molecule has 0 spiro atoms. The molecule has 0 aromatic heterocycles. The molecule has 1 fully saturated rings. The summed E-state index contributed by atoms with van der Waals surface area (Å²) in [6.45, 7) is 6.24. The lowest BCUT2D eigenvalue weighted by Crippen LogP contribution is -1.92. The fraction of sp³-hybridized carbons (Fsp3) is 0.889. The van der Waals surface area contributed by atoms with Crippen LogP contribution in [0.4, 0.5) is 0 Å². The molecule has 0 amide bonds. The SMILES string of the molecule is [CH2]CCC1CCC(C)C1. The molecular formula is C9H17. The van der Waals surface area contributed by atoms with Gasteiger partial charge in [0.25, 0.3) is 0 Å². The van der Waals surface area contributed by atoms with Crippen molar-refractivity contribution in [3.8, 4) is 0 Å². The van der Waals surface area contributed by atoms with Crippen molar-refractivity contribution in [3.63, 3.8) is 0 Å². The van der Waals surface area contributed by atoms with Gasteiger partial charge in [-0.3, -0.25) is 0 Å². The fourth-order valence-corrected chi connectivity index (χ4v) is 1.88. The minimum atomic E-state index is 1.00. The van der Waals surface area contributed by atoms with Crippen LogP contribution in [0.3, 0.4) is 0 Å². The maximum absolute atomic E-state index is 3.87. The predicted octanol–water partition coefficient (Wildman–Crippen LogP) is 3.04. The smallest absolute Gasteiger partial charge is 0.0412 e.